The molecule has 0 aromatic heterocycles. The van der Waals surface area contributed by atoms with Crippen LogP contribution in [0.25, 0.3) is 0 Å². The minimum atomic E-state index is -0.695. The van der Waals surface area contributed by atoms with Crippen molar-refractivity contribution in [3.05, 3.63) is 94.5 Å². The molecule has 0 fully saturated rings. The first-order valence-electron chi connectivity index (χ1n) is 11.5. The minimum Gasteiger partial charge on any atom is -0.398 e. The molecule has 0 saturated carbocycles. The van der Waals surface area contributed by atoms with Crippen LogP contribution >= 0.6 is 0 Å². The second-order valence-electron chi connectivity index (χ2n) is 8.72. The predicted octanol–water partition coefficient (Wildman–Crippen LogP) is 6.60. The summed E-state index contributed by atoms with van der Waals surface area (Å²) in [5.74, 6) is 0.451. The number of carbonyl (C=O) groups excluding carboxylic acids is 1. The first kappa shape index (κ1) is 23.4. The zero-order valence-corrected chi connectivity index (χ0v) is 19.8. The average molecular weight is 430 g/mol. The molecule has 0 aliphatic carbocycles. The second-order valence-corrected chi connectivity index (χ2v) is 8.72. The SMILES string of the molecule is CCc1ccc(N)c(CC)c1NC(=O)NC(C)(c1ccccc1)c1ccc(C(C)C)cc1. The molecule has 3 rings (SSSR count). The van der Waals surface area contributed by atoms with E-state index in [1.165, 1.54) is 5.56 Å². The summed E-state index contributed by atoms with van der Waals surface area (Å²) in [7, 11) is 0. The lowest BCUT2D eigenvalue weighted by atomic mass is 9.83. The van der Waals surface area contributed by atoms with Crippen LogP contribution in [0.15, 0.2) is 66.7 Å². The van der Waals surface area contributed by atoms with E-state index in [1.54, 1.807) is 0 Å². The van der Waals surface area contributed by atoms with E-state index in [0.717, 1.165) is 40.8 Å². The standard InChI is InChI=1S/C28H35N3O/c1-6-20-15-18-25(29)24(7-2)26(20)30-27(32)31-28(5,22-11-9-8-10-12-22)23-16-13-21(14-17-23)19(3)4/h8-19H,6-7,29H2,1-5H3,(H2,30,31,32). The Morgan fingerprint density at radius 1 is 0.906 bits per heavy atom. The summed E-state index contributed by atoms with van der Waals surface area (Å²) in [6, 6.07) is 22.2. The maximum Gasteiger partial charge on any atom is 0.320 e. The van der Waals surface area contributed by atoms with Crippen LogP contribution in [0.2, 0.25) is 0 Å². The monoisotopic (exact) mass is 429 g/mol. The Morgan fingerprint density at radius 3 is 2.09 bits per heavy atom. The third-order valence-corrected chi connectivity index (χ3v) is 6.28. The third-order valence-electron chi connectivity index (χ3n) is 6.28. The summed E-state index contributed by atoms with van der Waals surface area (Å²) in [5.41, 5.74) is 12.4. The molecule has 0 radical (unpaired) electrons. The Bertz CT molecular complexity index is 1060. The van der Waals surface area contributed by atoms with E-state index in [2.05, 4.69) is 62.6 Å². The number of urea groups is 1. The highest BCUT2D eigenvalue weighted by atomic mass is 16.2. The van der Waals surface area contributed by atoms with Crippen LogP contribution in [-0.2, 0) is 18.4 Å². The summed E-state index contributed by atoms with van der Waals surface area (Å²) in [6.07, 6.45) is 1.57. The molecule has 0 saturated heterocycles. The number of nitrogens with two attached hydrogens (primary N) is 1. The van der Waals surface area contributed by atoms with Crippen molar-refractivity contribution in [3.8, 4) is 0 Å². The molecule has 3 aromatic carbocycles. The molecule has 4 heteroatoms. The molecular weight excluding hydrogens is 394 g/mol. The lowest BCUT2D eigenvalue weighted by molar-refractivity contribution is 0.244. The highest BCUT2D eigenvalue weighted by molar-refractivity contribution is 5.93. The molecule has 0 bridgehead atoms. The maximum absolute atomic E-state index is 13.3. The van der Waals surface area contributed by atoms with Crippen molar-refractivity contribution in [2.24, 2.45) is 0 Å². The third kappa shape index (κ3) is 4.80. The van der Waals surface area contributed by atoms with E-state index in [9.17, 15) is 4.79 Å². The fourth-order valence-electron chi connectivity index (χ4n) is 4.20. The van der Waals surface area contributed by atoms with Crippen LogP contribution in [0, 0.1) is 0 Å². The fourth-order valence-corrected chi connectivity index (χ4v) is 4.20. The van der Waals surface area contributed by atoms with Gasteiger partial charge in [0.25, 0.3) is 0 Å². The van der Waals surface area contributed by atoms with E-state index in [4.69, 9.17) is 5.73 Å². The van der Waals surface area contributed by atoms with Crippen molar-refractivity contribution in [2.45, 2.75) is 58.9 Å². The van der Waals surface area contributed by atoms with Gasteiger partial charge in [-0.15, -0.1) is 0 Å². The van der Waals surface area contributed by atoms with Crippen LogP contribution in [0.1, 0.15) is 68.4 Å². The van der Waals surface area contributed by atoms with Crippen molar-refractivity contribution in [3.63, 3.8) is 0 Å². The largest absolute Gasteiger partial charge is 0.398 e. The van der Waals surface area contributed by atoms with Crippen LogP contribution in [-0.4, -0.2) is 6.03 Å². The van der Waals surface area contributed by atoms with Crippen molar-refractivity contribution in [2.75, 3.05) is 11.1 Å². The van der Waals surface area contributed by atoms with Gasteiger partial charge in [0.2, 0.25) is 0 Å². The highest BCUT2D eigenvalue weighted by Crippen LogP contribution is 2.32. The van der Waals surface area contributed by atoms with Crippen LogP contribution < -0.4 is 16.4 Å². The highest BCUT2D eigenvalue weighted by Gasteiger charge is 2.31. The first-order valence-corrected chi connectivity index (χ1v) is 11.5. The molecule has 0 heterocycles. The quantitative estimate of drug-likeness (QED) is 0.370. The van der Waals surface area contributed by atoms with Gasteiger partial charge in [-0.3, -0.25) is 0 Å². The van der Waals surface area contributed by atoms with Gasteiger partial charge in [-0.25, -0.2) is 4.79 Å². The van der Waals surface area contributed by atoms with Crippen LogP contribution in [0.4, 0.5) is 16.2 Å². The zero-order chi connectivity index (χ0) is 23.3. The van der Waals surface area contributed by atoms with Crippen molar-refractivity contribution >= 4 is 17.4 Å². The van der Waals surface area contributed by atoms with Gasteiger partial charge in [-0.05, 0) is 59.6 Å². The Labute approximate surface area is 192 Å². The molecule has 168 valence electrons. The van der Waals surface area contributed by atoms with Crippen LogP contribution in [0.3, 0.4) is 0 Å². The molecular formula is C28H35N3O. The zero-order valence-electron chi connectivity index (χ0n) is 19.8. The number of amides is 2. The summed E-state index contributed by atoms with van der Waals surface area (Å²) >= 11 is 0. The number of anilines is 2. The predicted molar refractivity (Wildman–Crippen MR) is 135 cm³/mol. The van der Waals surface area contributed by atoms with Gasteiger partial charge >= 0.3 is 6.03 Å². The van der Waals surface area contributed by atoms with Crippen LogP contribution in [0.5, 0.6) is 0 Å². The lowest BCUT2D eigenvalue weighted by Crippen LogP contribution is -2.46. The number of carbonyl (C=O) groups is 1. The Kier molecular flexibility index (Phi) is 7.24. The number of rotatable bonds is 7. The Hall–Kier alpha value is -3.27. The van der Waals surface area contributed by atoms with Gasteiger partial charge in [0, 0.05) is 5.69 Å². The second kappa shape index (κ2) is 9.90. The lowest BCUT2D eigenvalue weighted by Gasteiger charge is -2.33. The molecule has 0 spiro atoms. The van der Waals surface area contributed by atoms with Gasteiger partial charge in [0.1, 0.15) is 0 Å². The summed E-state index contributed by atoms with van der Waals surface area (Å²) < 4.78 is 0. The molecule has 2 amide bonds. The normalized spacial score (nSPS) is 12.9. The molecule has 1 atom stereocenters. The van der Waals surface area contributed by atoms with Crippen molar-refractivity contribution < 1.29 is 4.79 Å². The van der Waals surface area contributed by atoms with Gasteiger partial charge in [-0.1, -0.05) is 88.4 Å². The van der Waals surface area contributed by atoms with E-state index < -0.39 is 5.54 Å². The van der Waals surface area contributed by atoms with Gasteiger partial charge in [-0.2, -0.15) is 0 Å². The summed E-state index contributed by atoms with van der Waals surface area (Å²) in [6.45, 7) is 10.5. The van der Waals surface area contributed by atoms with Gasteiger partial charge in [0.05, 0.1) is 11.2 Å². The molecule has 0 aliphatic rings. The number of nitrogens with one attached hydrogen (secondary N) is 2. The first-order chi connectivity index (χ1) is 15.3. The van der Waals surface area contributed by atoms with E-state index >= 15 is 0 Å². The van der Waals surface area contributed by atoms with E-state index in [0.29, 0.717) is 11.6 Å². The topological polar surface area (TPSA) is 67.1 Å². The van der Waals surface area contributed by atoms with Gasteiger partial charge in [0.15, 0.2) is 0 Å². The molecule has 0 aliphatic heterocycles. The van der Waals surface area contributed by atoms with Gasteiger partial charge < -0.3 is 16.4 Å². The van der Waals surface area contributed by atoms with E-state index in [-0.39, 0.29) is 6.03 Å². The molecule has 32 heavy (non-hydrogen) atoms. The number of benzene rings is 3. The maximum atomic E-state index is 13.3. The number of hydrogen-bond donors (Lipinski definition) is 3. The van der Waals surface area contributed by atoms with Crippen molar-refractivity contribution in [1.82, 2.24) is 5.32 Å². The smallest absolute Gasteiger partial charge is 0.320 e. The van der Waals surface area contributed by atoms with E-state index in [1.807, 2.05) is 49.4 Å². The number of nitrogen functional groups attached to an aromatic ring is 1. The number of hydrogen-bond acceptors (Lipinski definition) is 2. The molecule has 4 N–H and O–H groups in total. The number of aryl methyl sites for hydroxylation is 1. The summed E-state index contributed by atoms with van der Waals surface area (Å²) in [4.78, 5) is 13.3. The fraction of sp³-hybridized carbons (Fsp3) is 0.321. The summed E-state index contributed by atoms with van der Waals surface area (Å²) in [5, 5.41) is 6.37. The Morgan fingerprint density at radius 2 is 1.53 bits per heavy atom. The minimum absolute atomic E-state index is 0.251. The molecule has 1 unspecified atom stereocenters. The van der Waals surface area contributed by atoms with Crippen molar-refractivity contribution in [1.29, 1.82) is 0 Å². The molecule has 3 aromatic rings. The Balaban J connectivity index is 1.98. The average Bonchev–Trinajstić information content (AvgIpc) is 2.80. The molecule has 4 nitrogen and oxygen atoms in total.